The number of ether oxygens (including phenoxy) is 1. The van der Waals surface area contributed by atoms with E-state index in [-0.39, 0.29) is 11.9 Å². The Morgan fingerprint density at radius 1 is 1.26 bits per heavy atom. The summed E-state index contributed by atoms with van der Waals surface area (Å²) < 4.78 is 21.7. The predicted octanol–water partition coefficient (Wildman–Crippen LogP) is 4.06. The zero-order chi connectivity index (χ0) is 22.0. The number of nitrogens with zero attached hydrogens (tertiary/aromatic N) is 6. The lowest BCUT2D eigenvalue weighted by molar-refractivity contribution is 0.228. The van der Waals surface area contributed by atoms with Gasteiger partial charge in [0.1, 0.15) is 18.2 Å². The standard InChI is InChI=1S/C23H25FN6O/c1-15(2)31-20-11-18(13-26-22(20)24)19-6-4-5-17(12-25)21(19)30-9-7-16(8-10-30)23-28-27-14-29(23)3/h4-6,11,13-16H,7-10H2,1-3H3. The lowest BCUT2D eigenvalue weighted by Crippen LogP contribution is -2.34. The number of rotatable bonds is 5. The summed E-state index contributed by atoms with van der Waals surface area (Å²) in [4.78, 5) is 6.12. The highest BCUT2D eigenvalue weighted by molar-refractivity contribution is 5.83. The number of aryl methyl sites for hydroxylation is 1. The molecule has 3 aromatic rings. The molecule has 0 N–H and O–H groups in total. The van der Waals surface area contributed by atoms with E-state index in [2.05, 4.69) is 26.2 Å². The third-order valence-electron chi connectivity index (χ3n) is 5.56. The monoisotopic (exact) mass is 420 g/mol. The zero-order valence-electron chi connectivity index (χ0n) is 17.9. The minimum Gasteiger partial charge on any atom is -0.486 e. The summed E-state index contributed by atoms with van der Waals surface area (Å²) in [7, 11) is 1.96. The fourth-order valence-corrected chi connectivity index (χ4v) is 4.14. The van der Waals surface area contributed by atoms with Gasteiger partial charge in [-0.15, -0.1) is 10.2 Å². The fraction of sp³-hybridized carbons (Fsp3) is 0.391. The molecule has 1 aromatic carbocycles. The summed E-state index contributed by atoms with van der Waals surface area (Å²) in [6, 6.07) is 9.58. The van der Waals surface area contributed by atoms with Crippen LogP contribution >= 0.6 is 0 Å². The van der Waals surface area contributed by atoms with E-state index in [1.165, 1.54) is 6.20 Å². The van der Waals surface area contributed by atoms with E-state index in [0.29, 0.717) is 11.5 Å². The van der Waals surface area contributed by atoms with Gasteiger partial charge in [0.25, 0.3) is 5.95 Å². The molecule has 1 aliphatic rings. The number of hydrogen-bond acceptors (Lipinski definition) is 6. The lowest BCUT2D eigenvalue weighted by atomic mass is 9.93. The van der Waals surface area contributed by atoms with Crippen LogP contribution in [0.1, 0.15) is 44.0 Å². The molecular formula is C23H25FN6O. The van der Waals surface area contributed by atoms with Gasteiger partial charge in [-0.2, -0.15) is 9.65 Å². The number of nitriles is 1. The van der Waals surface area contributed by atoms with Crippen LogP contribution in [0.4, 0.5) is 10.1 Å². The van der Waals surface area contributed by atoms with Crippen molar-refractivity contribution in [2.45, 2.75) is 38.7 Å². The molecule has 7 nitrogen and oxygen atoms in total. The van der Waals surface area contributed by atoms with Crippen LogP contribution in [0, 0.1) is 17.3 Å². The quantitative estimate of drug-likeness (QED) is 0.579. The Labute approximate surface area is 181 Å². The number of aromatic nitrogens is 4. The van der Waals surface area contributed by atoms with E-state index in [1.54, 1.807) is 12.4 Å². The third-order valence-corrected chi connectivity index (χ3v) is 5.56. The van der Waals surface area contributed by atoms with Gasteiger partial charge >= 0.3 is 0 Å². The number of piperidine rings is 1. The molecule has 1 saturated heterocycles. The smallest absolute Gasteiger partial charge is 0.255 e. The molecule has 0 aliphatic carbocycles. The van der Waals surface area contributed by atoms with Crippen molar-refractivity contribution in [1.29, 1.82) is 5.26 Å². The van der Waals surface area contributed by atoms with Crippen LogP contribution in [-0.2, 0) is 7.05 Å². The molecule has 2 aromatic heterocycles. The summed E-state index contributed by atoms with van der Waals surface area (Å²) in [5, 5.41) is 18.0. The maximum Gasteiger partial charge on any atom is 0.255 e. The number of halogens is 1. The Balaban J connectivity index is 1.67. The van der Waals surface area contributed by atoms with Crippen LogP contribution in [0.3, 0.4) is 0 Å². The van der Waals surface area contributed by atoms with Crippen LogP contribution in [0.5, 0.6) is 5.75 Å². The van der Waals surface area contributed by atoms with Crippen molar-refractivity contribution in [2.24, 2.45) is 7.05 Å². The van der Waals surface area contributed by atoms with E-state index in [4.69, 9.17) is 4.74 Å². The van der Waals surface area contributed by atoms with Gasteiger partial charge in [0.15, 0.2) is 5.75 Å². The largest absolute Gasteiger partial charge is 0.486 e. The van der Waals surface area contributed by atoms with Crippen molar-refractivity contribution in [3.05, 3.63) is 54.1 Å². The Kier molecular flexibility index (Phi) is 5.85. The van der Waals surface area contributed by atoms with E-state index >= 15 is 0 Å². The van der Waals surface area contributed by atoms with Gasteiger partial charge in [0, 0.05) is 43.4 Å². The maximum atomic E-state index is 14.1. The summed E-state index contributed by atoms with van der Waals surface area (Å²) in [6.07, 6.45) is 4.87. The van der Waals surface area contributed by atoms with Crippen LogP contribution in [0.2, 0.25) is 0 Å². The van der Waals surface area contributed by atoms with Crippen molar-refractivity contribution in [3.63, 3.8) is 0 Å². The van der Waals surface area contributed by atoms with Crippen molar-refractivity contribution in [2.75, 3.05) is 18.0 Å². The van der Waals surface area contributed by atoms with Gasteiger partial charge in [0.05, 0.1) is 17.4 Å². The molecule has 1 fully saturated rings. The number of benzene rings is 1. The molecule has 3 heterocycles. The molecule has 0 bridgehead atoms. The predicted molar refractivity (Wildman–Crippen MR) is 115 cm³/mol. The van der Waals surface area contributed by atoms with E-state index in [1.807, 2.05) is 43.7 Å². The van der Waals surface area contributed by atoms with Crippen molar-refractivity contribution >= 4 is 5.69 Å². The highest BCUT2D eigenvalue weighted by atomic mass is 19.1. The first kappa shape index (κ1) is 20.8. The first-order chi connectivity index (χ1) is 15.0. The molecule has 0 unspecified atom stereocenters. The minimum atomic E-state index is -0.639. The topological polar surface area (TPSA) is 79.9 Å². The number of hydrogen-bond donors (Lipinski definition) is 0. The lowest BCUT2D eigenvalue weighted by Gasteiger charge is -2.35. The molecular weight excluding hydrogens is 395 g/mol. The average Bonchev–Trinajstić information content (AvgIpc) is 3.20. The van der Waals surface area contributed by atoms with Crippen molar-refractivity contribution in [3.8, 4) is 22.9 Å². The summed E-state index contributed by atoms with van der Waals surface area (Å²) in [5.41, 5.74) is 3.01. The van der Waals surface area contributed by atoms with Crippen molar-refractivity contribution in [1.82, 2.24) is 19.7 Å². The maximum absolute atomic E-state index is 14.1. The first-order valence-corrected chi connectivity index (χ1v) is 10.4. The van der Waals surface area contributed by atoms with Gasteiger partial charge in [-0.25, -0.2) is 4.98 Å². The number of para-hydroxylation sites is 1. The van der Waals surface area contributed by atoms with Gasteiger partial charge in [-0.1, -0.05) is 12.1 Å². The molecule has 0 amide bonds. The summed E-state index contributed by atoms with van der Waals surface area (Å²) >= 11 is 0. The second-order valence-electron chi connectivity index (χ2n) is 8.05. The van der Waals surface area contributed by atoms with E-state index in [0.717, 1.165) is 48.6 Å². The molecule has 8 heteroatoms. The SMILES string of the molecule is CC(C)Oc1cc(-c2cccc(C#N)c2N2CCC(c3nncn3C)CC2)cnc1F. The fourth-order valence-electron chi connectivity index (χ4n) is 4.14. The number of pyridine rings is 1. The van der Waals surface area contributed by atoms with Crippen LogP contribution in [-0.4, -0.2) is 38.9 Å². The normalized spacial score (nSPS) is 14.6. The molecule has 0 atom stereocenters. The molecule has 160 valence electrons. The van der Waals surface area contributed by atoms with Crippen molar-refractivity contribution < 1.29 is 9.13 Å². The Morgan fingerprint density at radius 2 is 2.03 bits per heavy atom. The molecule has 0 spiro atoms. The molecule has 1 aliphatic heterocycles. The Morgan fingerprint density at radius 3 is 2.68 bits per heavy atom. The zero-order valence-corrected chi connectivity index (χ0v) is 17.9. The second kappa shape index (κ2) is 8.72. The molecule has 31 heavy (non-hydrogen) atoms. The minimum absolute atomic E-state index is 0.113. The van der Waals surface area contributed by atoms with Crippen LogP contribution < -0.4 is 9.64 Å². The Bertz CT molecular complexity index is 1110. The summed E-state index contributed by atoms with van der Waals surface area (Å²) in [6.45, 7) is 5.25. The molecule has 4 rings (SSSR count). The first-order valence-electron chi connectivity index (χ1n) is 10.4. The van der Waals surface area contributed by atoms with E-state index in [9.17, 15) is 9.65 Å². The van der Waals surface area contributed by atoms with Crippen LogP contribution in [0.25, 0.3) is 11.1 Å². The van der Waals surface area contributed by atoms with Gasteiger partial charge in [-0.05, 0) is 38.8 Å². The molecule has 0 radical (unpaired) electrons. The van der Waals surface area contributed by atoms with Gasteiger partial charge < -0.3 is 14.2 Å². The van der Waals surface area contributed by atoms with Gasteiger partial charge in [-0.3, -0.25) is 0 Å². The molecule has 0 saturated carbocycles. The highest BCUT2D eigenvalue weighted by Gasteiger charge is 2.27. The average molecular weight is 420 g/mol. The second-order valence-corrected chi connectivity index (χ2v) is 8.05. The summed E-state index contributed by atoms with van der Waals surface area (Å²) in [5.74, 6) is 0.799. The number of anilines is 1. The van der Waals surface area contributed by atoms with E-state index < -0.39 is 5.95 Å². The third kappa shape index (κ3) is 4.22. The van der Waals surface area contributed by atoms with Crippen LogP contribution in [0.15, 0.2) is 36.8 Å². The Hall–Kier alpha value is -3.47. The highest BCUT2D eigenvalue weighted by Crippen LogP contribution is 2.38. The van der Waals surface area contributed by atoms with Gasteiger partial charge in [0.2, 0.25) is 0 Å².